The molecule has 2 rings (SSSR count). The third-order valence-electron chi connectivity index (χ3n) is 2.87. The van der Waals surface area contributed by atoms with Gasteiger partial charge in [0.05, 0.1) is 18.1 Å². The summed E-state index contributed by atoms with van der Waals surface area (Å²) < 4.78 is 4.41. The van der Waals surface area contributed by atoms with Crippen molar-refractivity contribution in [2.24, 2.45) is 0 Å². The van der Waals surface area contributed by atoms with Crippen LogP contribution in [0.1, 0.15) is 24.2 Å². The largest absolute Gasteiger partial charge is 0.337 e. The number of nitrogens with zero attached hydrogens (tertiary/aromatic N) is 2. The molecule has 1 heterocycles. The summed E-state index contributed by atoms with van der Waals surface area (Å²) in [6.45, 7) is 3.05. The lowest BCUT2D eigenvalue weighted by atomic mass is 10.0. The fourth-order valence-corrected chi connectivity index (χ4v) is 2.89. The maximum atomic E-state index is 4.48. The van der Waals surface area contributed by atoms with Crippen LogP contribution in [0, 0.1) is 3.57 Å². The highest BCUT2D eigenvalue weighted by molar-refractivity contribution is 14.1. The molecule has 3 nitrogen and oxygen atoms in total. The predicted molar refractivity (Wildman–Crippen MR) is 85.7 cm³/mol. The third-order valence-corrected chi connectivity index (χ3v) is 4.27. The number of nitrogens with one attached hydrogen (secondary N) is 1. The molecular weight excluding hydrogens is 405 g/mol. The van der Waals surface area contributed by atoms with E-state index in [4.69, 9.17) is 0 Å². The molecule has 0 fully saturated rings. The topological polar surface area (TPSA) is 29.9 Å². The Morgan fingerprint density at radius 2 is 2.28 bits per heavy atom. The molecule has 1 unspecified atom stereocenters. The van der Waals surface area contributed by atoms with Crippen LogP contribution in [0.25, 0.3) is 0 Å². The predicted octanol–water partition coefficient (Wildman–Crippen LogP) is 3.58. The van der Waals surface area contributed by atoms with Crippen LogP contribution >= 0.6 is 38.5 Å². The highest BCUT2D eigenvalue weighted by Gasteiger charge is 2.17. The molecule has 0 aliphatic carbocycles. The molecule has 1 N–H and O–H groups in total. The van der Waals surface area contributed by atoms with E-state index in [0.29, 0.717) is 0 Å². The molecule has 1 atom stereocenters. The summed E-state index contributed by atoms with van der Waals surface area (Å²) in [5.41, 5.74) is 2.26. The summed E-state index contributed by atoms with van der Waals surface area (Å²) in [4.78, 5) is 4.48. The van der Waals surface area contributed by atoms with Crippen molar-refractivity contribution in [2.45, 2.75) is 19.5 Å². The van der Waals surface area contributed by atoms with Gasteiger partial charge in [0.15, 0.2) is 0 Å². The van der Waals surface area contributed by atoms with Gasteiger partial charge in [-0.2, -0.15) is 0 Å². The Labute approximate surface area is 129 Å². The van der Waals surface area contributed by atoms with Crippen molar-refractivity contribution in [1.29, 1.82) is 0 Å². The molecule has 0 saturated heterocycles. The van der Waals surface area contributed by atoms with Gasteiger partial charge in [0, 0.05) is 20.8 Å². The molecule has 0 spiro atoms. The van der Waals surface area contributed by atoms with Crippen LogP contribution in [0.4, 0.5) is 0 Å². The SMILES string of the molecule is CCn1cnc(C(NC)c2cc(I)ccc2Br)c1. The highest BCUT2D eigenvalue weighted by atomic mass is 127. The van der Waals surface area contributed by atoms with Crippen LogP contribution in [-0.2, 0) is 6.54 Å². The minimum absolute atomic E-state index is 0.113. The van der Waals surface area contributed by atoms with Crippen LogP contribution in [0.5, 0.6) is 0 Å². The Bertz CT molecular complexity index is 539. The summed E-state index contributed by atoms with van der Waals surface area (Å²) >= 11 is 5.94. The van der Waals surface area contributed by atoms with Crippen LogP contribution < -0.4 is 5.32 Å². The summed E-state index contributed by atoms with van der Waals surface area (Å²) in [5, 5.41) is 3.33. The van der Waals surface area contributed by atoms with Crippen molar-refractivity contribution in [1.82, 2.24) is 14.9 Å². The lowest BCUT2D eigenvalue weighted by Crippen LogP contribution is -2.18. The Morgan fingerprint density at radius 3 is 2.89 bits per heavy atom. The molecule has 96 valence electrons. The average molecular weight is 420 g/mol. The molecule has 0 amide bonds. The Hall–Kier alpha value is -0.400. The van der Waals surface area contributed by atoms with Crippen LogP contribution in [0.2, 0.25) is 0 Å². The quantitative estimate of drug-likeness (QED) is 0.767. The van der Waals surface area contributed by atoms with E-state index in [9.17, 15) is 0 Å². The summed E-state index contributed by atoms with van der Waals surface area (Å²) in [6.07, 6.45) is 3.97. The normalized spacial score (nSPS) is 12.7. The first-order valence-corrected chi connectivity index (χ1v) is 7.66. The number of halogens is 2. The van der Waals surface area contributed by atoms with Gasteiger partial charge in [-0.05, 0) is 60.3 Å². The molecule has 0 aliphatic rings. The monoisotopic (exact) mass is 419 g/mol. The van der Waals surface area contributed by atoms with Gasteiger partial charge in [-0.1, -0.05) is 15.9 Å². The van der Waals surface area contributed by atoms with Crippen molar-refractivity contribution < 1.29 is 0 Å². The van der Waals surface area contributed by atoms with E-state index in [2.05, 4.69) is 84.7 Å². The second kappa shape index (κ2) is 6.16. The van der Waals surface area contributed by atoms with E-state index in [1.165, 1.54) is 9.13 Å². The number of imidazole rings is 1. The Morgan fingerprint density at radius 1 is 1.50 bits per heavy atom. The highest BCUT2D eigenvalue weighted by Crippen LogP contribution is 2.29. The van der Waals surface area contributed by atoms with E-state index >= 15 is 0 Å². The lowest BCUT2D eigenvalue weighted by Gasteiger charge is -2.16. The number of rotatable bonds is 4. The summed E-state index contributed by atoms with van der Waals surface area (Å²) in [5.74, 6) is 0. The minimum Gasteiger partial charge on any atom is -0.337 e. The molecule has 2 aromatic rings. The second-order valence-corrected chi connectivity index (χ2v) is 6.12. The van der Waals surface area contributed by atoms with Crippen LogP contribution in [0.3, 0.4) is 0 Å². The Kier molecular flexibility index (Phi) is 4.80. The molecule has 0 saturated carbocycles. The maximum absolute atomic E-state index is 4.48. The van der Waals surface area contributed by atoms with Crippen molar-refractivity contribution in [3.63, 3.8) is 0 Å². The average Bonchev–Trinajstić information content (AvgIpc) is 2.83. The van der Waals surface area contributed by atoms with Gasteiger partial charge >= 0.3 is 0 Å². The zero-order valence-corrected chi connectivity index (χ0v) is 14.1. The van der Waals surface area contributed by atoms with Gasteiger partial charge < -0.3 is 9.88 Å². The number of hydrogen-bond donors (Lipinski definition) is 1. The van der Waals surface area contributed by atoms with Crippen molar-refractivity contribution in [3.8, 4) is 0 Å². The molecule has 0 aliphatic heterocycles. The van der Waals surface area contributed by atoms with Crippen molar-refractivity contribution in [2.75, 3.05) is 7.05 Å². The molecule has 0 radical (unpaired) electrons. The molecule has 18 heavy (non-hydrogen) atoms. The van der Waals surface area contributed by atoms with Crippen LogP contribution in [0.15, 0.2) is 35.2 Å². The van der Waals surface area contributed by atoms with E-state index < -0.39 is 0 Å². The minimum atomic E-state index is 0.113. The fraction of sp³-hybridized carbons (Fsp3) is 0.308. The van der Waals surface area contributed by atoms with Crippen molar-refractivity contribution in [3.05, 3.63) is 50.0 Å². The van der Waals surface area contributed by atoms with Gasteiger partial charge in [-0.25, -0.2) is 4.98 Å². The smallest absolute Gasteiger partial charge is 0.0950 e. The Balaban J connectivity index is 2.41. The van der Waals surface area contributed by atoms with Gasteiger partial charge in [0.1, 0.15) is 0 Å². The summed E-state index contributed by atoms with van der Waals surface area (Å²) in [7, 11) is 1.96. The van der Waals surface area contributed by atoms with Gasteiger partial charge in [-0.15, -0.1) is 0 Å². The fourth-order valence-electron chi connectivity index (χ4n) is 1.90. The van der Waals surface area contributed by atoms with Crippen molar-refractivity contribution >= 4 is 38.5 Å². The van der Waals surface area contributed by atoms with E-state index in [1.807, 2.05) is 13.4 Å². The zero-order valence-electron chi connectivity index (χ0n) is 10.3. The summed E-state index contributed by atoms with van der Waals surface area (Å²) in [6, 6.07) is 6.46. The van der Waals surface area contributed by atoms with E-state index in [-0.39, 0.29) is 6.04 Å². The number of aromatic nitrogens is 2. The van der Waals surface area contributed by atoms with Crippen LogP contribution in [-0.4, -0.2) is 16.6 Å². The zero-order chi connectivity index (χ0) is 13.1. The molecular formula is C13H15BrIN3. The van der Waals surface area contributed by atoms with Gasteiger partial charge in [-0.3, -0.25) is 0 Å². The first-order valence-electron chi connectivity index (χ1n) is 5.79. The lowest BCUT2D eigenvalue weighted by molar-refractivity contribution is 0.669. The molecule has 1 aromatic carbocycles. The second-order valence-electron chi connectivity index (χ2n) is 4.02. The van der Waals surface area contributed by atoms with E-state index in [0.717, 1.165) is 16.7 Å². The first kappa shape index (κ1) is 14.0. The van der Waals surface area contributed by atoms with E-state index in [1.54, 1.807) is 0 Å². The number of hydrogen-bond acceptors (Lipinski definition) is 2. The van der Waals surface area contributed by atoms with Gasteiger partial charge in [0.2, 0.25) is 0 Å². The number of aryl methyl sites for hydroxylation is 1. The maximum Gasteiger partial charge on any atom is 0.0950 e. The standard InChI is InChI=1S/C13H15BrIN3/c1-3-18-7-12(17-8-18)13(16-2)10-6-9(15)4-5-11(10)14/h4-8,13,16H,3H2,1-2H3. The third kappa shape index (κ3) is 2.95. The van der Waals surface area contributed by atoms with Gasteiger partial charge in [0.25, 0.3) is 0 Å². The molecule has 0 bridgehead atoms. The number of benzene rings is 1. The molecule has 5 heteroatoms. The first-order chi connectivity index (χ1) is 8.65. The molecule has 1 aromatic heterocycles.